The fourth-order valence-corrected chi connectivity index (χ4v) is 3.01. The van der Waals surface area contributed by atoms with Gasteiger partial charge in [0.1, 0.15) is 19.0 Å². The van der Waals surface area contributed by atoms with Crippen molar-refractivity contribution in [2.24, 2.45) is 0 Å². The van der Waals surface area contributed by atoms with Gasteiger partial charge < -0.3 is 24.6 Å². The first-order valence-electron chi connectivity index (χ1n) is 10.2. The second-order valence-corrected chi connectivity index (χ2v) is 6.75. The number of hydrogen-bond donors (Lipinski definition) is 2. The van der Waals surface area contributed by atoms with Gasteiger partial charge in [0.15, 0.2) is 17.5 Å². The van der Waals surface area contributed by atoms with Gasteiger partial charge in [-0.1, -0.05) is 24.3 Å². The van der Waals surface area contributed by atoms with Crippen LogP contribution in [-0.2, 0) is 4.79 Å². The molecule has 7 nitrogen and oxygen atoms in total. The molecule has 0 heterocycles. The fraction of sp³-hybridized carbons (Fsp3) is 0.200. The van der Waals surface area contributed by atoms with E-state index in [0.717, 1.165) is 5.75 Å². The van der Waals surface area contributed by atoms with Crippen molar-refractivity contribution >= 4 is 11.7 Å². The first kappa shape index (κ1) is 22.5. The highest BCUT2D eigenvalue weighted by atomic mass is 16.5. The van der Waals surface area contributed by atoms with Crippen molar-refractivity contribution in [3.63, 3.8) is 0 Å². The highest BCUT2D eigenvalue weighted by molar-refractivity contribution is 5.79. The van der Waals surface area contributed by atoms with Crippen LogP contribution in [0.3, 0.4) is 0 Å². The molecule has 0 amide bonds. The summed E-state index contributed by atoms with van der Waals surface area (Å²) < 4.78 is 17.1. The van der Waals surface area contributed by atoms with Crippen molar-refractivity contribution in [2.75, 3.05) is 25.1 Å². The lowest BCUT2D eigenvalue weighted by atomic mass is 10.1. The molecule has 0 saturated carbocycles. The zero-order valence-electron chi connectivity index (χ0n) is 17.7. The summed E-state index contributed by atoms with van der Waals surface area (Å²) >= 11 is 0. The Bertz CT molecular complexity index is 1060. The smallest absolute Gasteiger partial charge is 0.330 e. The maximum atomic E-state index is 11.9. The Morgan fingerprint density at radius 2 is 1.69 bits per heavy atom. The maximum Gasteiger partial charge on any atom is 0.330 e. The quantitative estimate of drug-likeness (QED) is 0.425. The van der Waals surface area contributed by atoms with E-state index in [9.17, 15) is 9.90 Å². The number of carboxylic acids is 1. The largest absolute Gasteiger partial charge is 0.490 e. The number of nitrogens with zero attached hydrogens (tertiary/aromatic N) is 1. The highest BCUT2D eigenvalue weighted by Crippen LogP contribution is 2.32. The number of aliphatic carboxylic acids is 1. The molecule has 0 saturated heterocycles. The minimum absolute atomic E-state index is 0.306. The van der Waals surface area contributed by atoms with Crippen LogP contribution in [0.25, 0.3) is 0 Å². The number of anilines is 1. The van der Waals surface area contributed by atoms with Gasteiger partial charge in [-0.05, 0) is 61.0 Å². The van der Waals surface area contributed by atoms with E-state index in [-0.39, 0.29) is 0 Å². The predicted octanol–water partition coefficient (Wildman–Crippen LogP) is 4.65. The molecule has 0 aromatic heterocycles. The summed E-state index contributed by atoms with van der Waals surface area (Å²) in [6, 6.07) is 22.1. The van der Waals surface area contributed by atoms with E-state index in [1.54, 1.807) is 42.5 Å². The maximum absolute atomic E-state index is 11.9. The molecule has 3 rings (SSSR count). The highest BCUT2D eigenvalue weighted by Gasteiger charge is 2.21. The molecule has 3 aromatic rings. The van der Waals surface area contributed by atoms with Gasteiger partial charge in [0.25, 0.3) is 0 Å². The molecule has 2 N–H and O–H groups in total. The van der Waals surface area contributed by atoms with E-state index in [1.165, 1.54) is 0 Å². The lowest BCUT2D eigenvalue weighted by Gasteiger charge is -2.19. The zero-order valence-corrected chi connectivity index (χ0v) is 17.7. The minimum Gasteiger partial charge on any atom is -0.490 e. The van der Waals surface area contributed by atoms with Gasteiger partial charge in [-0.3, -0.25) is 0 Å². The van der Waals surface area contributed by atoms with Gasteiger partial charge in [-0.2, -0.15) is 5.26 Å². The monoisotopic (exact) mass is 432 g/mol. The van der Waals surface area contributed by atoms with Crippen LogP contribution < -0.4 is 19.5 Å². The van der Waals surface area contributed by atoms with Crippen LogP contribution in [0.4, 0.5) is 5.69 Å². The fourth-order valence-electron chi connectivity index (χ4n) is 3.01. The second kappa shape index (κ2) is 11.3. The molecule has 0 aliphatic heterocycles. The molecule has 0 bridgehead atoms. The number of hydrogen-bond acceptors (Lipinski definition) is 6. The molecule has 0 aliphatic rings. The van der Waals surface area contributed by atoms with Crippen LogP contribution in [0.15, 0.2) is 72.8 Å². The van der Waals surface area contributed by atoms with Gasteiger partial charge in [-0.25, -0.2) is 4.79 Å². The van der Waals surface area contributed by atoms with Gasteiger partial charge in [-0.15, -0.1) is 0 Å². The third kappa shape index (κ3) is 6.16. The van der Waals surface area contributed by atoms with Crippen LogP contribution in [0.2, 0.25) is 0 Å². The topological polar surface area (TPSA) is 101 Å². The summed E-state index contributed by atoms with van der Waals surface area (Å²) in [7, 11) is 0. The van der Waals surface area contributed by atoms with E-state index in [0.29, 0.717) is 48.1 Å². The summed E-state index contributed by atoms with van der Waals surface area (Å²) in [5.74, 6) is 0.684. The number of nitrogens with one attached hydrogen (secondary N) is 1. The third-order valence-electron chi connectivity index (χ3n) is 4.53. The lowest BCUT2D eigenvalue weighted by Crippen LogP contribution is -2.20. The van der Waals surface area contributed by atoms with E-state index in [2.05, 4.69) is 5.32 Å². The van der Waals surface area contributed by atoms with Crippen molar-refractivity contribution in [2.45, 2.75) is 13.0 Å². The summed E-state index contributed by atoms with van der Waals surface area (Å²) in [5.41, 5.74) is 1.60. The van der Waals surface area contributed by atoms with Crippen LogP contribution in [0.1, 0.15) is 24.1 Å². The molecule has 0 spiro atoms. The Labute approximate surface area is 186 Å². The number of para-hydroxylation sites is 1. The average Bonchev–Trinajstić information content (AvgIpc) is 2.82. The molecular formula is C25H24N2O5. The molecule has 7 heteroatoms. The number of ether oxygens (including phenoxy) is 3. The first-order chi connectivity index (χ1) is 15.6. The van der Waals surface area contributed by atoms with Crippen LogP contribution in [0.5, 0.6) is 17.2 Å². The molecule has 32 heavy (non-hydrogen) atoms. The summed E-state index contributed by atoms with van der Waals surface area (Å²) in [4.78, 5) is 11.9. The Hall–Kier alpha value is -4.18. The van der Waals surface area contributed by atoms with Gasteiger partial charge >= 0.3 is 5.97 Å². The number of benzene rings is 3. The number of carbonyl (C=O) groups is 1. The van der Waals surface area contributed by atoms with Crippen molar-refractivity contribution < 1.29 is 24.1 Å². The number of nitriles is 1. The Kier molecular flexibility index (Phi) is 7.93. The molecule has 0 fully saturated rings. The van der Waals surface area contributed by atoms with Crippen LogP contribution in [-0.4, -0.2) is 30.9 Å². The molecule has 1 atom stereocenters. The van der Waals surface area contributed by atoms with Crippen molar-refractivity contribution in [1.82, 2.24) is 0 Å². The molecule has 164 valence electrons. The van der Waals surface area contributed by atoms with E-state index in [1.807, 2.05) is 43.3 Å². The SMILES string of the molecule is CCOc1cc(C(Nc2ccc(C#N)cc2)C(=O)O)ccc1OCCOc1ccccc1. The first-order valence-corrected chi connectivity index (χ1v) is 10.2. The summed E-state index contributed by atoms with van der Waals surface area (Å²) in [6.45, 7) is 2.91. The van der Waals surface area contributed by atoms with Crippen molar-refractivity contribution in [1.29, 1.82) is 5.26 Å². The van der Waals surface area contributed by atoms with E-state index >= 15 is 0 Å². The minimum atomic E-state index is -1.04. The molecular weight excluding hydrogens is 408 g/mol. The number of rotatable bonds is 11. The van der Waals surface area contributed by atoms with Crippen LogP contribution >= 0.6 is 0 Å². The molecule has 1 unspecified atom stereocenters. The Balaban J connectivity index is 1.70. The average molecular weight is 432 g/mol. The normalized spacial score (nSPS) is 11.1. The van der Waals surface area contributed by atoms with Gasteiger partial charge in [0, 0.05) is 5.69 Å². The third-order valence-corrected chi connectivity index (χ3v) is 4.53. The number of carboxylic acid groups (broad SMARTS) is 1. The summed E-state index contributed by atoms with van der Waals surface area (Å²) in [5, 5.41) is 21.7. The van der Waals surface area contributed by atoms with E-state index < -0.39 is 12.0 Å². The Morgan fingerprint density at radius 1 is 0.969 bits per heavy atom. The van der Waals surface area contributed by atoms with Crippen molar-refractivity contribution in [3.8, 4) is 23.3 Å². The van der Waals surface area contributed by atoms with E-state index in [4.69, 9.17) is 19.5 Å². The molecule has 0 aliphatic carbocycles. The Morgan fingerprint density at radius 3 is 2.34 bits per heavy atom. The van der Waals surface area contributed by atoms with Gasteiger partial charge in [0.05, 0.1) is 18.2 Å². The van der Waals surface area contributed by atoms with Crippen molar-refractivity contribution in [3.05, 3.63) is 83.9 Å². The van der Waals surface area contributed by atoms with Crippen LogP contribution in [0, 0.1) is 11.3 Å². The summed E-state index contributed by atoms with van der Waals surface area (Å²) in [6.07, 6.45) is 0. The standard InChI is InChI=1S/C25H24N2O5/c1-2-30-23-16-19(24(25(28)29)27-20-11-8-18(17-26)9-12-20)10-13-22(23)32-15-14-31-21-6-4-3-5-7-21/h3-13,16,24,27H,2,14-15H2,1H3,(H,28,29). The second-order valence-electron chi connectivity index (χ2n) is 6.75. The molecule has 0 radical (unpaired) electrons. The zero-order chi connectivity index (χ0) is 22.8. The molecule has 3 aromatic carbocycles. The lowest BCUT2D eigenvalue weighted by molar-refractivity contribution is -0.138. The predicted molar refractivity (Wildman–Crippen MR) is 120 cm³/mol. The van der Waals surface area contributed by atoms with Gasteiger partial charge in [0.2, 0.25) is 0 Å².